The van der Waals surface area contributed by atoms with Crippen LogP contribution in [0.1, 0.15) is 84.3 Å². The number of rotatable bonds is 9. The number of aromatic nitrogens is 4. The average Bonchev–Trinajstić information content (AvgIpc) is 3.72. The number of nitrogens with one attached hydrogen (secondary N) is 1. The van der Waals surface area contributed by atoms with Crippen LogP contribution in [-0.4, -0.2) is 55.0 Å². The largest absolute Gasteiger partial charge is 0.476 e. The number of carboxylic acids is 1. The monoisotopic (exact) mass is 702 g/mol. The Labute approximate surface area is 300 Å². The zero-order valence-corrected chi connectivity index (χ0v) is 29.8. The van der Waals surface area contributed by atoms with E-state index in [-0.39, 0.29) is 28.7 Å². The summed E-state index contributed by atoms with van der Waals surface area (Å²) in [6.07, 6.45) is 11.9. The molecule has 5 aliphatic rings. The zero-order chi connectivity index (χ0) is 34.9. The highest BCUT2D eigenvalue weighted by Crippen LogP contribution is 2.63. The lowest BCUT2D eigenvalue weighted by atomic mass is 9.48. The summed E-state index contributed by atoms with van der Waals surface area (Å²) in [5, 5.41) is 18.7. The molecule has 0 spiro atoms. The molecule has 5 aromatic rings. The van der Waals surface area contributed by atoms with E-state index in [9.17, 15) is 14.7 Å². The standard InChI is InChI=1S/C40H42N6O4S/c1-24(2)50-40-17-25-14-26(18-40)16-39(15-25,22-40)23-46-20-28(19-41-46)29-10-11-34(43-35(29)37(48)49)45-13-12-27-6-5-7-30(31(27)21-45)36(47)44-38-42-32-8-3-4-9-33(32)51-38/h3-11,19-20,24-26H,12-18,21-23H2,1-2H3,(H,48,49)(H,42,44,47). The Kier molecular flexibility index (Phi) is 7.77. The van der Waals surface area contributed by atoms with Crippen molar-refractivity contribution in [1.29, 1.82) is 0 Å². The van der Waals surface area contributed by atoms with Crippen LogP contribution in [0.25, 0.3) is 21.3 Å². The van der Waals surface area contributed by atoms with Crippen molar-refractivity contribution in [2.24, 2.45) is 17.3 Å². The molecule has 2 aromatic carbocycles. The second-order valence-corrected chi connectivity index (χ2v) is 16.7. The van der Waals surface area contributed by atoms with Gasteiger partial charge in [-0.25, -0.2) is 14.8 Å². The van der Waals surface area contributed by atoms with Crippen molar-refractivity contribution >= 4 is 44.4 Å². The first kappa shape index (κ1) is 32.3. The Hall–Kier alpha value is -4.61. The minimum Gasteiger partial charge on any atom is -0.476 e. The van der Waals surface area contributed by atoms with Crippen molar-refractivity contribution in [3.63, 3.8) is 0 Å². The quantitative estimate of drug-likeness (QED) is 0.159. The number of aromatic carboxylic acids is 1. The van der Waals surface area contributed by atoms with E-state index in [2.05, 4.69) is 35.1 Å². The summed E-state index contributed by atoms with van der Waals surface area (Å²) in [5.41, 5.74) is 4.90. The van der Waals surface area contributed by atoms with E-state index < -0.39 is 5.97 Å². The van der Waals surface area contributed by atoms with Crippen LogP contribution in [0, 0.1) is 17.3 Å². The Morgan fingerprint density at radius 3 is 2.65 bits per heavy atom. The van der Waals surface area contributed by atoms with Crippen molar-refractivity contribution in [3.05, 3.63) is 89.4 Å². The molecule has 51 heavy (non-hydrogen) atoms. The fraction of sp³-hybridized carbons (Fsp3) is 0.425. The number of para-hydroxylation sites is 1. The maximum atomic E-state index is 13.5. The van der Waals surface area contributed by atoms with E-state index in [1.54, 1.807) is 6.20 Å². The maximum Gasteiger partial charge on any atom is 0.355 e. The van der Waals surface area contributed by atoms with Crippen LogP contribution in [0.2, 0.25) is 0 Å². The summed E-state index contributed by atoms with van der Waals surface area (Å²) in [7, 11) is 0. The predicted molar refractivity (Wildman–Crippen MR) is 197 cm³/mol. The number of hydrogen-bond acceptors (Lipinski definition) is 8. The molecule has 0 radical (unpaired) electrons. The molecule has 4 fully saturated rings. The third-order valence-electron chi connectivity index (χ3n) is 11.5. The first-order valence-electron chi connectivity index (χ1n) is 18.1. The van der Waals surface area contributed by atoms with Gasteiger partial charge in [0.2, 0.25) is 0 Å². The number of hydrogen-bond donors (Lipinski definition) is 2. The van der Waals surface area contributed by atoms with Crippen LogP contribution in [-0.2, 0) is 24.2 Å². The van der Waals surface area contributed by atoms with Crippen molar-refractivity contribution in [2.45, 2.75) is 83.6 Å². The number of thiazole rings is 1. The fourth-order valence-corrected chi connectivity index (χ4v) is 11.1. The molecule has 10 rings (SSSR count). The molecule has 3 aromatic heterocycles. The van der Waals surface area contributed by atoms with Gasteiger partial charge in [-0.15, -0.1) is 0 Å². The van der Waals surface area contributed by atoms with Gasteiger partial charge in [-0.3, -0.25) is 14.8 Å². The molecule has 11 heteroatoms. The summed E-state index contributed by atoms with van der Waals surface area (Å²) in [6.45, 7) is 6.21. The number of pyridine rings is 1. The minimum absolute atomic E-state index is 0.00111. The van der Waals surface area contributed by atoms with Gasteiger partial charge in [0, 0.05) is 42.5 Å². The number of carbonyl (C=O) groups excluding carboxylic acids is 1. The predicted octanol–water partition coefficient (Wildman–Crippen LogP) is 7.83. The van der Waals surface area contributed by atoms with Crippen molar-refractivity contribution < 1.29 is 19.4 Å². The highest BCUT2D eigenvalue weighted by molar-refractivity contribution is 7.22. The molecule has 2 N–H and O–H groups in total. The summed E-state index contributed by atoms with van der Waals surface area (Å²) in [6, 6.07) is 17.4. The molecular formula is C40H42N6O4S. The number of fused-ring (bicyclic) bond motifs is 2. The molecular weight excluding hydrogens is 661 g/mol. The van der Waals surface area contributed by atoms with E-state index in [1.807, 2.05) is 59.4 Å². The number of benzene rings is 2. The van der Waals surface area contributed by atoms with Crippen LogP contribution in [0.15, 0.2) is 67.0 Å². The molecule has 4 bridgehead atoms. The van der Waals surface area contributed by atoms with E-state index >= 15 is 0 Å². The molecule has 4 saturated carbocycles. The van der Waals surface area contributed by atoms with E-state index in [1.165, 1.54) is 43.4 Å². The molecule has 0 saturated heterocycles. The van der Waals surface area contributed by atoms with Crippen LogP contribution in [0.3, 0.4) is 0 Å². The van der Waals surface area contributed by atoms with Gasteiger partial charge in [-0.05, 0) is 118 Å². The van der Waals surface area contributed by atoms with Crippen LogP contribution < -0.4 is 10.2 Å². The number of ether oxygens (including phenoxy) is 1. The van der Waals surface area contributed by atoms with Crippen LogP contribution in [0.5, 0.6) is 0 Å². The molecule has 4 aliphatic carbocycles. The summed E-state index contributed by atoms with van der Waals surface area (Å²) >= 11 is 1.45. The van der Waals surface area contributed by atoms with Gasteiger partial charge in [0.15, 0.2) is 10.8 Å². The smallest absolute Gasteiger partial charge is 0.355 e. The van der Waals surface area contributed by atoms with Crippen molar-refractivity contribution in [2.75, 3.05) is 16.8 Å². The summed E-state index contributed by atoms with van der Waals surface area (Å²) < 4.78 is 9.67. The molecule has 1 aliphatic heterocycles. The Bertz CT molecular complexity index is 2120. The Balaban J connectivity index is 0.944. The first-order chi connectivity index (χ1) is 24.6. The normalized spacial score (nSPS) is 25.0. The third-order valence-corrected chi connectivity index (χ3v) is 12.4. The van der Waals surface area contributed by atoms with Gasteiger partial charge in [-0.1, -0.05) is 35.6 Å². The summed E-state index contributed by atoms with van der Waals surface area (Å²) in [4.78, 5) is 37.5. The Morgan fingerprint density at radius 2 is 1.86 bits per heavy atom. The average molecular weight is 703 g/mol. The lowest BCUT2D eigenvalue weighted by molar-refractivity contribution is -0.211. The summed E-state index contributed by atoms with van der Waals surface area (Å²) in [5.74, 6) is 0.694. The van der Waals surface area contributed by atoms with E-state index in [4.69, 9.17) is 14.8 Å². The fourth-order valence-electron chi connectivity index (χ4n) is 10.2. The molecule has 4 heterocycles. The topological polar surface area (TPSA) is 122 Å². The number of anilines is 2. The van der Waals surface area contributed by atoms with Gasteiger partial charge in [-0.2, -0.15) is 5.10 Å². The van der Waals surface area contributed by atoms with Crippen molar-refractivity contribution in [1.82, 2.24) is 19.7 Å². The number of carbonyl (C=O) groups is 2. The molecule has 262 valence electrons. The van der Waals surface area contributed by atoms with Gasteiger partial charge in [0.05, 0.1) is 28.1 Å². The van der Waals surface area contributed by atoms with Gasteiger partial charge in [0.1, 0.15) is 5.82 Å². The van der Waals surface area contributed by atoms with E-state index in [0.29, 0.717) is 53.4 Å². The van der Waals surface area contributed by atoms with Crippen molar-refractivity contribution in [3.8, 4) is 11.1 Å². The lowest BCUT2D eigenvalue weighted by Crippen LogP contribution is -2.58. The maximum absolute atomic E-state index is 13.5. The van der Waals surface area contributed by atoms with Crippen LogP contribution >= 0.6 is 11.3 Å². The lowest BCUT2D eigenvalue weighted by Gasteiger charge is -2.62. The minimum atomic E-state index is -1.08. The molecule has 2 unspecified atom stereocenters. The zero-order valence-electron chi connectivity index (χ0n) is 29.0. The van der Waals surface area contributed by atoms with Gasteiger partial charge < -0.3 is 14.7 Å². The molecule has 10 nitrogen and oxygen atoms in total. The number of nitrogens with zero attached hydrogens (tertiary/aromatic N) is 5. The van der Waals surface area contributed by atoms with E-state index in [0.717, 1.165) is 39.9 Å². The van der Waals surface area contributed by atoms with Crippen LogP contribution in [0.4, 0.5) is 10.9 Å². The number of carboxylic acid groups (broad SMARTS) is 1. The first-order valence-corrected chi connectivity index (χ1v) is 18.9. The second-order valence-electron chi connectivity index (χ2n) is 15.7. The number of amides is 1. The molecule has 2 atom stereocenters. The molecule has 1 amide bonds. The SMILES string of the molecule is CC(C)OC12CC3CC(CC(Cn4cc(-c5ccc(N6CCc7cccc(C(=O)Nc8nc9ccccc9s8)c7C6)nc5C(=O)O)cn4)(C3)C1)C2. The van der Waals surface area contributed by atoms with Gasteiger partial charge in [0.25, 0.3) is 5.91 Å². The van der Waals surface area contributed by atoms with Gasteiger partial charge >= 0.3 is 5.97 Å². The highest BCUT2D eigenvalue weighted by Gasteiger charge is 2.58. The highest BCUT2D eigenvalue weighted by atomic mass is 32.1. The Morgan fingerprint density at radius 1 is 1.04 bits per heavy atom. The third kappa shape index (κ3) is 6.00. The second kappa shape index (κ2) is 12.3.